The van der Waals surface area contributed by atoms with Crippen molar-refractivity contribution in [2.24, 2.45) is 0 Å². The van der Waals surface area contributed by atoms with Crippen LogP contribution in [-0.4, -0.2) is 36.5 Å². The number of rotatable bonds is 4. The number of aliphatic hydroxyl groups is 1. The number of hydrogen-bond acceptors (Lipinski definition) is 3. The van der Waals surface area contributed by atoms with Crippen LogP contribution >= 0.6 is 0 Å². The Morgan fingerprint density at radius 3 is 2.04 bits per heavy atom. The van der Waals surface area contributed by atoms with Gasteiger partial charge in [-0.3, -0.25) is 0 Å². The number of hydrogen-bond donors (Lipinski definition) is 1. The van der Waals surface area contributed by atoms with E-state index in [0.717, 1.165) is 11.1 Å². The molecule has 1 aliphatic rings. The Kier molecular flexibility index (Phi) is 4.76. The smallest absolute Gasteiger partial charge is 0.243 e. The first-order valence-corrected chi connectivity index (χ1v) is 9.77. The lowest BCUT2D eigenvalue weighted by molar-refractivity contribution is -0.00802. The van der Waals surface area contributed by atoms with Crippen molar-refractivity contribution in [2.45, 2.75) is 36.7 Å². The standard InChI is InChI=1S/C19H23NO3S/c1-2-19(21)12-14-20(15-13-19)24(22,23)18-10-8-17(9-11-18)16-6-4-3-5-7-16/h3-11,21H,2,12-15H2,1H3. The van der Waals surface area contributed by atoms with Gasteiger partial charge in [0.25, 0.3) is 0 Å². The maximum Gasteiger partial charge on any atom is 0.243 e. The lowest BCUT2D eigenvalue weighted by Gasteiger charge is -2.36. The quantitative estimate of drug-likeness (QED) is 0.925. The van der Waals surface area contributed by atoms with Crippen molar-refractivity contribution in [3.8, 4) is 11.1 Å². The molecule has 0 unspecified atom stereocenters. The number of piperidine rings is 1. The third-order valence-corrected chi connectivity index (χ3v) is 6.82. The zero-order chi connectivity index (χ0) is 17.2. The van der Waals surface area contributed by atoms with Gasteiger partial charge in [0.2, 0.25) is 10.0 Å². The molecule has 0 aliphatic carbocycles. The average Bonchev–Trinajstić information content (AvgIpc) is 2.63. The second-order valence-electron chi connectivity index (χ2n) is 6.37. The molecule has 1 aliphatic heterocycles. The van der Waals surface area contributed by atoms with E-state index in [9.17, 15) is 13.5 Å². The van der Waals surface area contributed by atoms with E-state index in [1.54, 1.807) is 12.1 Å². The predicted octanol–water partition coefficient (Wildman–Crippen LogP) is 3.28. The maximum atomic E-state index is 12.8. The first-order chi connectivity index (χ1) is 11.4. The molecule has 5 heteroatoms. The van der Waals surface area contributed by atoms with Gasteiger partial charge in [-0.25, -0.2) is 8.42 Å². The molecule has 3 rings (SSSR count). The lowest BCUT2D eigenvalue weighted by Crippen LogP contribution is -2.46. The minimum Gasteiger partial charge on any atom is -0.390 e. The fraction of sp³-hybridized carbons (Fsp3) is 0.368. The summed E-state index contributed by atoms with van der Waals surface area (Å²) in [5, 5.41) is 10.3. The van der Waals surface area contributed by atoms with Crippen LogP contribution in [0, 0.1) is 0 Å². The molecule has 1 heterocycles. The molecule has 0 amide bonds. The van der Waals surface area contributed by atoms with Gasteiger partial charge in [0.15, 0.2) is 0 Å². The molecular formula is C19H23NO3S. The van der Waals surface area contributed by atoms with Gasteiger partial charge in [-0.1, -0.05) is 49.4 Å². The van der Waals surface area contributed by atoms with Crippen LogP contribution < -0.4 is 0 Å². The van der Waals surface area contributed by atoms with Crippen molar-refractivity contribution < 1.29 is 13.5 Å². The highest BCUT2D eigenvalue weighted by Gasteiger charge is 2.35. The third-order valence-electron chi connectivity index (χ3n) is 4.91. The maximum absolute atomic E-state index is 12.8. The summed E-state index contributed by atoms with van der Waals surface area (Å²) in [6.07, 6.45) is 1.64. The van der Waals surface area contributed by atoms with Gasteiger partial charge in [0.1, 0.15) is 0 Å². The zero-order valence-corrected chi connectivity index (χ0v) is 14.7. The average molecular weight is 345 g/mol. The van der Waals surface area contributed by atoms with E-state index in [-0.39, 0.29) is 0 Å². The van der Waals surface area contributed by atoms with Gasteiger partial charge in [-0.05, 0) is 42.5 Å². The summed E-state index contributed by atoms with van der Waals surface area (Å²) in [4.78, 5) is 0.309. The lowest BCUT2D eigenvalue weighted by atomic mass is 9.90. The minimum absolute atomic E-state index is 0.309. The normalized spacial score (nSPS) is 18.4. The monoisotopic (exact) mass is 345 g/mol. The van der Waals surface area contributed by atoms with Gasteiger partial charge in [0, 0.05) is 13.1 Å². The second kappa shape index (κ2) is 6.67. The highest BCUT2D eigenvalue weighted by molar-refractivity contribution is 7.89. The van der Waals surface area contributed by atoms with Crippen LogP contribution in [0.2, 0.25) is 0 Å². The van der Waals surface area contributed by atoms with Crippen LogP contribution in [0.4, 0.5) is 0 Å². The molecule has 0 aromatic heterocycles. The van der Waals surface area contributed by atoms with E-state index in [4.69, 9.17) is 0 Å². The van der Waals surface area contributed by atoms with Gasteiger partial charge in [-0.2, -0.15) is 4.31 Å². The second-order valence-corrected chi connectivity index (χ2v) is 8.31. The van der Waals surface area contributed by atoms with Crippen LogP contribution in [0.3, 0.4) is 0 Å². The molecule has 0 atom stereocenters. The van der Waals surface area contributed by atoms with Crippen molar-refractivity contribution >= 4 is 10.0 Å². The van der Waals surface area contributed by atoms with E-state index in [2.05, 4.69) is 0 Å². The van der Waals surface area contributed by atoms with Crippen LogP contribution in [0.5, 0.6) is 0 Å². The summed E-state index contributed by atoms with van der Waals surface area (Å²) in [6.45, 7) is 2.67. The van der Waals surface area contributed by atoms with Crippen LogP contribution in [0.25, 0.3) is 11.1 Å². The van der Waals surface area contributed by atoms with Crippen LogP contribution in [0.1, 0.15) is 26.2 Å². The Labute approximate surface area is 143 Å². The number of sulfonamides is 1. The Hall–Kier alpha value is -1.69. The fourth-order valence-corrected chi connectivity index (χ4v) is 4.54. The summed E-state index contributed by atoms with van der Waals surface area (Å²) < 4.78 is 27.0. The topological polar surface area (TPSA) is 57.6 Å². The molecular weight excluding hydrogens is 322 g/mol. The largest absolute Gasteiger partial charge is 0.390 e. The predicted molar refractivity (Wildman–Crippen MR) is 95.1 cm³/mol. The number of benzene rings is 2. The van der Waals surface area contributed by atoms with E-state index < -0.39 is 15.6 Å². The fourth-order valence-electron chi connectivity index (χ4n) is 3.10. The molecule has 128 valence electrons. The Morgan fingerprint density at radius 2 is 1.50 bits per heavy atom. The molecule has 2 aromatic rings. The van der Waals surface area contributed by atoms with E-state index in [1.807, 2.05) is 49.4 Å². The SMILES string of the molecule is CCC1(O)CCN(S(=O)(=O)c2ccc(-c3ccccc3)cc2)CC1. The highest BCUT2D eigenvalue weighted by atomic mass is 32.2. The Bertz CT molecular complexity index is 777. The van der Waals surface area contributed by atoms with Gasteiger partial charge in [-0.15, -0.1) is 0 Å². The molecule has 1 N–H and O–H groups in total. The summed E-state index contributed by atoms with van der Waals surface area (Å²) in [5.41, 5.74) is 1.34. The molecule has 4 nitrogen and oxygen atoms in total. The zero-order valence-electron chi connectivity index (χ0n) is 13.9. The van der Waals surface area contributed by atoms with Gasteiger partial charge in [0.05, 0.1) is 10.5 Å². The Balaban J connectivity index is 1.78. The minimum atomic E-state index is -3.50. The van der Waals surface area contributed by atoms with E-state index >= 15 is 0 Å². The molecule has 1 fully saturated rings. The summed E-state index contributed by atoms with van der Waals surface area (Å²) in [5.74, 6) is 0. The molecule has 24 heavy (non-hydrogen) atoms. The van der Waals surface area contributed by atoms with Crippen molar-refractivity contribution in [3.05, 3.63) is 54.6 Å². The van der Waals surface area contributed by atoms with Gasteiger partial charge < -0.3 is 5.11 Å². The first kappa shape index (κ1) is 17.1. The molecule has 1 saturated heterocycles. The summed E-state index contributed by atoms with van der Waals surface area (Å²) >= 11 is 0. The van der Waals surface area contributed by atoms with Crippen LogP contribution in [-0.2, 0) is 10.0 Å². The summed E-state index contributed by atoms with van der Waals surface area (Å²) in [6, 6.07) is 16.9. The first-order valence-electron chi connectivity index (χ1n) is 8.33. The van der Waals surface area contributed by atoms with Crippen LogP contribution in [0.15, 0.2) is 59.5 Å². The summed E-state index contributed by atoms with van der Waals surface area (Å²) in [7, 11) is -3.50. The molecule has 0 saturated carbocycles. The van der Waals surface area contributed by atoms with Crippen molar-refractivity contribution in [2.75, 3.05) is 13.1 Å². The van der Waals surface area contributed by atoms with E-state index in [1.165, 1.54) is 4.31 Å². The Morgan fingerprint density at radius 1 is 0.958 bits per heavy atom. The molecule has 2 aromatic carbocycles. The highest BCUT2D eigenvalue weighted by Crippen LogP contribution is 2.29. The molecule has 0 bridgehead atoms. The van der Waals surface area contributed by atoms with Crippen molar-refractivity contribution in [1.29, 1.82) is 0 Å². The third kappa shape index (κ3) is 3.38. The van der Waals surface area contributed by atoms with Gasteiger partial charge >= 0.3 is 0 Å². The van der Waals surface area contributed by atoms with Crippen molar-refractivity contribution in [1.82, 2.24) is 4.31 Å². The van der Waals surface area contributed by atoms with Crippen molar-refractivity contribution in [3.63, 3.8) is 0 Å². The van der Waals surface area contributed by atoms with E-state index in [0.29, 0.717) is 37.2 Å². The molecule has 0 spiro atoms. The molecule has 0 radical (unpaired) electrons. The number of nitrogens with zero attached hydrogens (tertiary/aromatic N) is 1.